The topological polar surface area (TPSA) is 132 Å². The van der Waals surface area contributed by atoms with Crippen LogP contribution in [0.3, 0.4) is 0 Å². The molecule has 0 unspecified atom stereocenters. The highest BCUT2D eigenvalue weighted by molar-refractivity contribution is 5.91. The molecule has 0 radical (unpaired) electrons. The van der Waals surface area contributed by atoms with Crippen LogP contribution in [0.25, 0.3) is 22.2 Å². The number of aromatic amines is 1. The van der Waals surface area contributed by atoms with Gasteiger partial charge in [-0.15, -0.1) is 0 Å². The van der Waals surface area contributed by atoms with E-state index in [0.717, 1.165) is 65.1 Å². The number of benzene rings is 1. The van der Waals surface area contributed by atoms with Crippen molar-refractivity contribution in [2.75, 3.05) is 12.4 Å². The number of methoxy groups -OCH3 is 1. The number of rotatable bonds is 12. The summed E-state index contributed by atoms with van der Waals surface area (Å²) in [6.07, 6.45) is 11.8. The molecule has 4 heterocycles. The van der Waals surface area contributed by atoms with E-state index in [1.165, 1.54) is 12.5 Å². The van der Waals surface area contributed by atoms with E-state index in [0.29, 0.717) is 12.4 Å². The van der Waals surface area contributed by atoms with E-state index in [9.17, 15) is 4.79 Å². The third-order valence-corrected chi connectivity index (χ3v) is 6.30. The maximum atomic E-state index is 12.1. The van der Waals surface area contributed by atoms with Gasteiger partial charge in [-0.1, -0.05) is 18.9 Å². The predicted molar refractivity (Wildman–Crippen MR) is 143 cm³/mol. The lowest BCUT2D eigenvalue weighted by Crippen LogP contribution is -2.14. The number of pyridine rings is 1. The first-order valence-corrected chi connectivity index (χ1v) is 12.6. The van der Waals surface area contributed by atoms with Crippen LogP contribution < -0.4 is 10.1 Å². The molecule has 0 amide bonds. The normalized spacial score (nSPS) is 11.9. The number of H-pyrrole nitrogens is 1. The smallest absolute Gasteiger partial charge is 0.263 e. The molecule has 0 aliphatic carbocycles. The quantitative estimate of drug-likeness (QED) is 0.160. The molecule has 5 aromatic rings. The van der Waals surface area contributed by atoms with Crippen molar-refractivity contribution < 1.29 is 13.9 Å². The number of hydrogen-bond donors (Lipinski definition) is 2. The van der Waals surface area contributed by atoms with Crippen LogP contribution in [-0.2, 0) is 0 Å². The van der Waals surface area contributed by atoms with Gasteiger partial charge in [0, 0.05) is 41.5 Å². The van der Waals surface area contributed by atoms with Crippen molar-refractivity contribution in [1.29, 1.82) is 0 Å². The van der Waals surface area contributed by atoms with E-state index in [4.69, 9.17) is 14.1 Å². The number of oxazole rings is 1. The van der Waals surface area contributed by atoms with Gasteiger partial charge in [0.05, 0.1) is 36.8 Å². The number of aryl methyl sites for hydroxylation is 1. The molecule has 2 N–H and O–H groups in total. The lowest BCUT2D eigenvalue weighted by atomic mass is 10.1. The van der Waals surface area contributed by atoms with Crippen molar-refractivity contribution in [2.45, 2.75) is 45.1 Å². The van der Waals surface area contributed by atoms with E-state index in [-0.39, 0.29) is 17.7 Å². The lowest BCUT2D eigenvalue weighted by molar-refractivity contribution is 0.0945. The fourth-order valence-electron chi connectivity index (χ4n) is 4.37. The molecule has 194 valence electrons. The van der Waals surface area contributed by atoms with E-state index < -0.39 is 0 Å². The molecule has 0 aliphatic heterocycles. The second-order valence-corrected chi connectivity index (χ2v) is 9.01. The zero-order valence-corrected chi connectivity index (χ0v) is 21.3. The Bertz CT molecular complexity index is 1500. The maximum Gasteiger partial charge on any atom is 0.263 e. The Morgan fingerprint density at radius 1 is 1.08 bits per heavy atom. The van der Waals surface area contributed by atoms with E-state index >= 15 is 0 Å². The SMILES string of the molecule is COc1cc2nc(C)ccc2cc1-c1cnc([C@H](CCCCCC(=O)c2ncco2)Nc2ncccn2)[nH]1. The fourth-order valence-corrected chi connectivity index (χ4v) is 4.37. The van der Waals surface area contributed by atoms with Crippen molar-refractivity contribution in [2.24, 2.45) is 0 Å². The summed E-state index contributed by atoms with van der Waals surface area (Å²) >= 11 is 0. The third-order valence-electron chi connectivity index (χ3n) is 6.30. The number of fused-ring (bicyclic) bond motifs is 1. The minimum atomic E-state index is -0.149. The first kappa shape index (κ1) is 25.1. The van der Waals surface area contributed by atoms with Crippen LogP contribution in [-0.4, -0.2) is 42.8 Å². The van der Waals surface area contributed by atoms with Gasteiger partial charge in [0.25, 0.3) is 5.89 Å². The van der Waals surface area contributed by atoms with Crippen LogP contribution in [0.2, 0.25) is 0 Å². The average Bonchev–Trinajstić information content (AvgIpc) is 3.65. The summed E-state index contributed by atoms with van der Waals surface area (Å²) < 4.78 is 10.8. The average molecular weight is 512 g/mol. The van der Waals surface area contributed by atoms with Crippen LogP contribution in [0.4, 0.5) is 5.95 Å². The predicted octanol–water partition coefficient (Wildman–Crippen LogP) is 5.71. The molecule has 0 saturated carbocycles. The fraction of sp³-hybridized carbons (Fsp3) is 0.286. The first-order chi connectivity index (χ1) is 18.6. The summed E-state index contributed by atoms with van der Waals surface area (Å²) in [6.45, 7) is 1.97. The second-order valence-electron chi connectivity index (χ2n) is 9.01. The highest BCUT2D eigenvalue weighted by atomic mass is 16.5. The molecule has 0 saturated heterocycles. The van der Waals surface area contributed by atoms with Crippen LogP contribution in [0.5, 0.6) is 5.75 Å². The highest BCUT2D eigenvalue weighted by Gasteiger charge is 2.19. The number of nitrogens with zero attached hydrogens (tertiary/aromatic N) is 5. The number of hydrogen-bond acceptors (Lipinski definition) is 9. The molecule has 0 fully saturated rings. The number of aromatic nitrogens is 6. The van der Waals surface area contributed by atoms with Gasteiger partial charge in [0.2, 0.25) is 11.7 Å². The minimum Gasteiger partial charge on any atom is -0.496 e. The van der Waals surface area contributed by atoms with Gasteiger partial charge < -0.3 is 19.5 Å². The number of ketones is 1. The van der Waals surface area contributed by atoms with Gasteiger partial charge >= 0.3 is 0 Å². The molecule has 10 nitrogen and oxygen atoms in total. The number of carbonyl (C=O) groups is 1. The van der Waals surface area contributed by atoms with Crippen molar-refractivity contribution >= 4 is 22.6 Å². The van der Waals surface area contributed by atoms with E-state index in [2.05, 4.69) is 42.4 Å². The van der Waals surface area contributed by atoms with E-state index in [1.54, 1.807) is 25.6 Å². The Morgan fingerprint density at radius 3 is 2.74 bits per heavy atom. The van der Waals surface area contributed by atoms with Crippen LogP contribution in [0, 0.1) is 6.92 Å². The van der Waals surface area contributed by atoms with Crippen molar-refractivity contribution in [3.05, 3.63) is 78.8 Å². The van der Waals surface area contributed by atoms with Gasteiger partial charge in [-0.2, -0.15) is 0 Å². The summed E-state index contributed by atoms with van der Waals surface area (Å²) in [7, 11) is 1.65. The Balaban J connectivity index is 1.31. The van der Waals surface area contributed by atoms with Crippen molar-refractivity contribution in [3.8, 4) is 17.0 Å². The second kappa shape index (κ2) is 11.6. The van der Waals surface area contributed by atoms with Crippen LogP contribution in [0.1, 0.15) is 60.3 Å². The molecule has 0 bridgehead atoms. The zero-order chi connectivity index (χ0) is 26.3. The summed E-state index contributed by atoms with van der Waals surface area (Å²) in [5, 5.41) is 4.42. The van der Waals surface area contributed by atoms with Gasteiger partial charge in [0.15, 0.2) is 0 Å². The number of unbranched alkanes of at least 4 members (excludes halogenated alkanes) is 2. The Hall–Kier alpha value is -4.60. The van der Waals surface area contributed by atoms with Crippen LogP contribution >= 0.6 is 0 Å². The van der Waals surface area contributed by atoms with Gasteiger partial charge in [-0.05, 0) is 38.0 Å². The van der Waals surface area contributed by atoms with Gasteiger partial charge in [0.1, 0.15) is 17.8 Å². The maximum absolute atomic E-state index is 12.1. The molecule has 4 aromatic heterocycles. The van der Waals surface area contributed by atoms with Gasteiger partial charge in [-0.25, -0.2) is 19.9 Å². The van der Waals surface area contributed by atoms with Crippen molar-refractivity contribution in [3.63, 3.8) is 0 Å². The molecule has 5 rings (SSSR count). The number of ether oxygens (including phenoxy) is 1. The number of imidazole rings is 1. The summed E-state index contributed by atoms with van der Waals surface area (Å²) in [4.78, 5) is 37.5. The molecule has 1 aromatic carbocycles. The van der Waals surface area contributed by atoms with Gasteiger partial charge in [-0.3, -0.25) is 9.78 Å². The standard InChI is InChI=1S/C28H29N7O3/c1-18-9-10-19-15-20(25(37-2)16-22(19)33-18)23-17-32-26(34-23)21(35-28-30-11-6-12-31-28)7-4-3-5-8-24(36)27-29-13-14-38-27/h6,9-17,21H,3-5,7-8H2,1-2H3,(H,32,34)(H,30,31,35)/t21-/m0/s1. The first-order valence-electron chi connectivity index (χ1n) is 12.6. The molecule has 0 aliphatic rings. The molecular formula is C28H29N7O3. The Morgan fingerprint density at radius 2 is 1.95 bits per heavy atom. The number of Topliss-reactive ketones (excluding diaryl/α,β-unsaturated/α-hetero) is 1. The monoisotopic (exact) mass is 511 g/mol. The zero-order valence-electron chi connectivity index (χ0n) is 21.3. The largest absolute Gasteiger partial charge is 0.496 e. The van der Waals surface area contributed by atoms with Crippen LogP contribution in [0.15, 0.2) is 65.8 Å². The Labute approximate surface area is 219 Å². The number of anilines is 1. The summed E-state index contributed by atoms with van der Waals surface area (Å²) in [6, 6.07) is 9.69. The van der Waals surface area contributed by atoms with E-state index in [1.807, 2.05) is 25.3 Å². The number of nitrogens with one attached hydrogen (secondary N) is 2. The molecule has 10 heteroatoms. The minimum absolute atomic E-state index is 0.0762. The highest BCUT2D eigenvalue weighted by Crippen LogP contribution is 2.34. The third kappa shape index (κ3) is 5.86. The summed E-state index contributed by atoms with van der Waals surface area (Å²) in [5.74, 6) is 2.11. The molecular weight excluding hydrogens is 482 g/mol. The number of carbonyl (C=O) groups excluding carboxylic acids is 1. The van der Waals surface area contributed by atoms with Crippen molar-refractivity contribution in [1.82, 2.24) is 29.9 Å². The lowest BCUT2D eigenvalue weighted by Gasteiger charge is -2.16. The molecule has 1 atom stereocenters. The molecule has 38 heavy (non-hydrogen) atoms. The summed E-state index contributed by atoms with van der Waals surface area (Å²) in [5.41, 5.74) is 3.59. The Kier molecular flexibility index (Phi) is 7.67. The molecule has 0 spiro atoms.